The number of hydrogen-bond donors (Lipinski definition) is 1. The Bertz CT molecular complexity index is 666. The second kappa shape index (κ2) is 4.78. The number of aromatic nitrogens is 2. The molecule has 0 amide bonds. The SMILES string of the molecule is Br/C(=C\c1ccccc1)c1nc2ccccc2[nH]1. The van der Waals surface area contributed by atoms with Crippen LogP contribution in [0.15, 0.2) is 54.6 Å². The number of hydrogen-bond acceptors (Lipinski definition) is 1. The largest absolute Gasteiger partial charge is 0.338 e. The Morgan fingerprint density at radius 3 is 2.50 bits per heavy atom. The number of benzene rings is 2. The molecule has 1 N–H and O–H groups in total. The van der Waals surface area contributed by atoms with Gasteiger partial charge in [-0.15, -0.1) is 0 Å². The van der Waals surface area contributed by atoms with Gasteiger partial charge in [-0.05, 0) is 39.7 Å². The highest BCUT2D eigenvalue weighted by Gasteiger charge is 2.04. The van der Waals surface area contributed by atoms with Crippen LogP contribution >= 0.6 is 15.9 Å². The summed E-state index contributed by atoms with van der Waals surface area (Å²) in [6, 6.07) is 18.2. The highest BCUT2D eigenvalue weighted by molar-refractivity contribution is 9.15. The highest BCUT2D eigenvalue weighted by atomic mass is 79.9. The van der Waals surface area contributed by atoms with Crippen LogP contribution in [-0.2, 0) is 0 Å². The van der Waals surface area contributed by atoms with Gasteiger partial charge in [0.2, 0.25) is 0 Å². The molecule has 3 aromatic rings. The van der Waals surface area contributed by atoms with Crippen molar-refractivity contribution in [2.45, 2.75) is 0 Å². The number of nitrogens with one attached hydrogen (secondary N) is 1. The van der Waals surface area contributed by atoms with Gasteiger partial charge in [0, 0.05) is 0 Å². The second-order valence-electron chi connectivity index (χ2n) is 4.01. The molecule has 0 saturated heterocycles. The number of fused-ring (bicyclic) bond motifs is 1. The van der Waals surface area contributed by atoms with Crippen LogP contribution in [0.3, 0.4) is 0 Å². The maximum Gasteiger partial charge on any atom is 0.145 e. The maximum absolute atomic E-state index is 4.54. The maximum atomic E-state index is 4.54. The zero-order valence-electron chi connectivity index (χ0n) is 9.60. The summed E-state index contributed by atoms with van der Waals surface area (Å²) in [5, 5.41) is 0. The molecule has 0 aliphatic rings. The van der Waals surface area contributed by atoms with Crippen LogP contribution in [-0.4, -0.2) is 9.97 Å². The average Bonchev–Trinajstić information content (AvgIpc) is 2.84. The number of nitrogens with zero attached hydrogens (tertiary/aromatic N) is 1. The Balaban J connectivity index is 2.01. The zero-order valence-corrected chi connectivity index (χ0v) is 11.2. The lowest BCUT2D eigenvalue weighted by molar-refractivity contribution is 1.29. The highest BCUT2D eigenvalue weighted by Crippen LogP contribution is 2.24. The van der Waals surface area contributed by atoms with Crippen LogP contribution in [0, 0.1) is 0 Å². The van der Waals surface area contributed by atoms with Crippen LogP contribution in [0.1, 0.15) is 11.4 Å². The van der Waals surface area contributed by atoms with Gasteiger partial charge in [-0.25, -0.2) is 4.98 Å². The monoisotopic (exact) mass is 298 g/mol. The van der Waals surface area contributed by atoms with Gasteiger partial charge >= 0.3 is 0 Å². The molecule has 1 heterocycles. The molecule has 0 unspecified atom stereocenters. The molecule has 0 atom stereocenters. The molecule has 0 radical (unpaired) electrons. The number of aromatic amines is 1. The fourth-order valence-electron chi connectivity index (χ4n) is 1.83. The number of rotatable bonds is 2. The van der Waals surface area contributed by atoms with E-state index >= 15 is 0 Å². The fraction of sp³-hybridized carbons (Fsp3) is 0. The number of para-hydroxylation sites is 2. The molecular weight excluding hydrogens is 288 g/mol. The van der Waals surface area contributed by atoms with Gasteiger partial charge in [-0.3, -0.25) is 0 Å². The first kappa shape index (κ1) is 11.2. The predicted molar refractivity (Wildman–Crippen MR) is 79.3 cm³/mol. The number of H-pyrrole nitrogens is 1. The van der Waals surface area contributed by atoms with Gasteiger partial charge in [-0.1, -0.05) is 42.5 Å². The Labute approximate surface area is 114 Å². The van der Waals surface area contributed by atoms with Crippen molar-refractivity contribution in [2.24, 2.45) is 0 Å². The molecule has 2 aromatic carbocycles. The van der Waals surface area contributed by atoms with Gasteiger partial charge in [-0.2, -0.15) is 0 Å². The topological polar surface area (TPSA) is 28.7 Å². The first-order chi connectivity index (χ1) is 8.83. The molecule has 0 spiro atoms. The third kappa shape index (κ3) is 2.22. The van der Waals surface area contributed by atoms with E-state index in [1.807, 2.05) is 42.5 Å². The summed E-state index contributed by atoms with van der Waals surface area (Å²) >= 11 is 3.57. The Morgan fingerprint density at radius 2 is 1.72 bits per heavy atom. The smallest absolute Gasteiger partial charge is 0.145 e. The van der Waals surface area contributed by atoms with Crippen LogP contribution in [0.4, 0.5) is 0 Å². The van der Waals surface area contributed by atoms with E-state index in [-0.39, 0.29) is 0 Å². The number of imidazole rings is 1. The van der Waals surface area contributed by atoms with Gasteiger partial charge in [0.25, 0.3) is 0 Å². The minimum atomic E-state index is 0.847. The van der Waals surface area contributed by atoms with Crippen molar-refractivity contribution in [2.75, 3.05) is 0 Å². The molecule has 0 saturated carbocycles. The van der Waals surface area contributed by atoms with Crippen molar-refractivity contribution in [3.05, 3.63) is 66.0 Å². The van der Waals surface area contributed by atoms with Crippen molar-refractivity contribution in [1.82, 2.24) is 9.97 Å². The second-order valence-corrected chi connectivity index (χ2v) is 4.86. The summed E-state index contributed by atoms with van der Waals surface area (Å²) < 4.78 is 0.949. The fourth-order valence-corrected chi connectivity index (χ4v) is 2.28. The quantitative estimate of drug-likeness (QED) is 0.743. The molecule has 0 aliphatic carbocycles. The van der Waals surface area contributed by atoms with Crippen molar-refractivity contribution in [1.29, 1.82) is 0 Å². The Morgan fingerprint density at radius 1 is 1.00 bits per heavy atom. The standard InChI is InChI=1S/C15H11BrN2/c16-12(10-11-6-2-1-3-7-11)15-17-13-8-4-5-9-14(13)18-15/h1-10H,(H,17,18)/b12-10-. The van der Waals surface area contributed by atoms with Crippen molar-refractivity contribution < 1.29 is 0 Å². The van der Waals surface area contributed by atoms with Gasteiger partial charge in [0.05, 0.1) is 15.5 Å². The summed E-state index contributed by atoms with van der Waals surface area (Å²) in [6.45, 7) is 0. The summed E-state index contributed by atoms with van der Waals surface area (Å²) in [5.41, 5.74) is 3.17. The van der Waals surface area contributed by atoms with Gasteiger partial charge in [0.1, 0.15) is 5.82 Å². The molecule has 1 aromatic heterocycles. The van der Waals surface area contributed by atoms with E-state index < -0.39 is 0 Å². The van der Waals surface area contributed by atoms with E-state index in [9.17, 15) is 0 Å². The van der Waals surface area contributed by atoms with E-state index in [4.69, 9.17) is 0 Å². The molecule has 18 heavy (non-hydrogen) atoms. The van der Waals surface area contributed by atoms with E-state index in [0.29, 0.717) is 0 Å². The van der Waals surface area contributed by atoms with E-state index in [1.54, 1.807) is 0 Å². The Hall–Kier alpha value is -1.87. The molecule has 3 rings (SSSR count). The minimum absolute atomic E-state index is 0.847. The molecule has 2 nitrogen and oxygen atoms in total. The number of halogens is 1. The third-order valence-electron chi connectivity index (χ3n) is 2.71. The predicted octanol–water partition coefficient (Wildman–Crippen LogP) is 4.46. The summed E-state index contributed by atoms with van der Waals surface area (Å²) in [6.07, 6.45) is 2.05. The van der Waals surface area contributed by atoms with E-state index in [2.05, 4.69) is 44.1 Å². The molecular formula is C15H11BrN2. The van der Waals surface area contributed by atoms with Crippen LogP contribution < -0.4 is 0 Å². The normalized spacial score (nSPS) is 11.9. The zero-order chi connectivity index (χ0) is 12.4. The van der Waals surface area contributed by atoms with Gasteiger partial charge < -0.3 is 4.98 Å². The lowest BCUT2D eigenvalue weighted by Crippen LogP contribution is -1.79. The van der Waals surface area contributed by atoms with E-state index in [0.717, 1.165) is 26.9 Å². The molecule has 0 fully saturated rings. The third-order valence-corrected chi connectivity index (χ3v) is 3.31. The molecule has 3 heteroatoms. The van der Waals surface area contributed by atoms with Gasteiger partial charge in [0.15, 0.2) is 0 Å². The summed E-state index contributed by atoms with van der Waals surface area (Å²) in [5.74, 6) is 0.847. The summed E-state index contributed by atoms with van der Waals surface area (Å²) in [7, 11) is 0. The van der Waals surface area contributed by atoms with Crippen LogP contribution in [0.25, 0.3) is 21.6 Å². The summed E-state index contributed by atoms with van der Waals surface area (Å²) in [4.78, 5) is 7.83. The Kier molecular flexibility index (Phi) is 2.99. The van der Waals surface area contributed by atoms with E-state index in [1.165, 1.54) is 0 Å². The first-order valence-electron chi connectivity index (χ1n) is 5.70. The molecule has 88 valence electrons. The first-order valence-corrected chi connectivity index (χ1v) is 6.49. The average molecular weight is 299 g/mol. The van der Waals surface area contributed by atoms with Crippen molar-refractivity contribution >= 4 is 37.5 Å². The molecule has 0 bridgehead atoms. The van der Waals surface area contributed by atoms with Crippen LogP contribution in [0.2, 0.25) is 0 Å². The van der Waals surface area contributed by atoms with Crippen LogP contribution in [0.5, 0.6) is 0 Å². The minimum Gasteiger partial charge on any atom is -0.338 e. The lowest BCUT2D eigenvalue weighted by Gasteiger charge is -1.95. The van der Waals surface area contributed by atoms with Crippen molar-refractivity contribution in [3.8, 4) is 0 Å². The lowest BCUT2D eigenvalue weighted by atomic mass is 10.2. The molecule has 0 aliphatic heterocycles. The van der Waals surface area contributed by atoms with Crippen molar-refractivity contribution in [3.63, 3.8) is 0 Å².